The van der Waals surface area contributed by atoms with Crippen LogP contribution in [0.1, 0.15) is 44.1 Å². The van der Waals surface area contributed by atoms with E-state index >= 15 is 0 Å². The molecule has 0 aromatic heterocycles. The molecule has 0 aliphatic heterocycles. The predicted octanol–water partition coefficient (Wildman–Crippen LogP) is 3.49. The van der Waals surface area contributed by atoms with E-state index in [0.29, 0.717) is 11.4 Å². The van der Waals surface area contributed by atoms with Crippen molar-refractivity contribution in [3.8, 4) is 0 Å². The van der Waals surface area contributed by atoms with Gasteiger partial charge in [0.15, 0.2) is 0 Å². The van der Waals surface area contributed by atoms with E-state index < -0.39 is 5.54 Å². The molecule has 0 unspecified atom stereocenters. The fourth-order valence-corrected chi connectivity index (χ4v) is 3.38. The van der Waals surface area contributed by atoms with Crippen LogP contribution in [0.5, 0.6) is 0 Å². The summed E-state index contributed by atoms with van der Waals surface area (Å²) in [6.45, 7) is 0. The summed E-state index contributed by atoms with van der Waals surface area (Å²) >= 11 is 8.64. The van der Waals surface area contributed by atoms with Crippen molar-refractivity contribution < 1.29 is 4.79 Å². The SMILES string of the molecule is NC(=S)C1(NC(=O)Cc2ccc(Br)cc2)CCCCCC1. The second-order valence-electron chi connectivity index (χ2n) is 5.71. The number of carbonyl (C=O) groups excluding carboxylic acids is 1. The molecular formula is C16H21BrN2OS. The Morgan fingerprint density at radius 3 is 2.29 bits per heavy atom. The highest BCUT2D eigenvalue weighted by atomic mass is 79.9. The first kappa shape index (κ1) is 16.4. The number of rotatable bonds is 4. The molecule has 21 heavy (non-hydrogen) atoms. The molecule has 1 fully saturated rings. The van der Waals surface area contributed by atoms with Crippen LogP contribution >= 0.6 is 28.1 Å². The van der Waals surface area contributed by atoms with Crippen molar-refractivity contribution in [2.24, 2.45) is 5.73 Å². The molecular weight excluding hydrogens is 348 g/mol. The third-order valence-electron chi connectivity index (χ3n) is 4.09. The highest BCUT2D eigenvalue weighted by molar-refractivity contribution is 9.10. The predicted molar refractivity (Wildman–Crippen MR) is 93.2 cm³/mol. The van der Waals surface area contributed by atoms with Gasteiger partial charge in [-0.1, -0.05) is 66.0 Å². The molecule has 1 amide bonds. The van der Waals surface area contributed by atoms with Crippen molar-refractivity contribution >= 4 is 39.0 Å². The Bertz CT molecular complexity index is 508. The van der Waals surface area contributed by atoms with Crippen LogP contribution in [0.2, 0.25) is 0 Å². The first-order valence-corrected chi connectivity index (χ1v) is 8.57. The summed E-state index contributed by atoms with van der Waals surface area (Å²) in [4.78, 5) is 12.8. The minimum absolute atomic E-state index is 0.00739. The number of halogens is 1. The van der Waals surface area contributed by atoms with Gasteiger partial charge < -0.3 is 11.1 Å². The minimum Gasteiger partial charge on any atom is -0.391 e. The smallest absolute Gasteiger partial charge is 0.225 e. The van der Waals surface area contributed by atoms with Gasteiger partial charge in [0.05, 0.1) is 16.9 Å². The van der Waals surface area contributed by atoms with E-state index in [4.69, 9.17) is 18.0 Å². The van der Waals surface area contributed by atoms with Gasteiger partial charge in [-0.3, -0.25) is 4.79 Å². The van der Waals surface area contributed by atoms with Crippen molar-refractivity contribution in [2.75, 3.05) is 0 Å². The number of benzene rings is 1. The normalized spacial score (nSPS) is 17.8. The monoisotopic (exact) mass is 368 g/mol. The molecule has 0 saturated heterocycles. The summed E-state index contributed by atoms with van der Waals surface area (Å²) in [6.07, 6.45) is 6.58. The molecule has 0 spiro atoms. The summed E-state index contributed by atoms with van der Waals surface area (Å²) in [5.74, 6) is -0.00739. The maximum atomic E-state index is 12.3. The van der Waals surface area contributed by atoms with Gasteiger partial charge in [-0.2, -0.15) is 0 Å². The molecule has 1 aliphatic rings. The van der Waals surface area contributed by atoms with Crippen molar-refractivity contribution in [3.05, 3.63) is 34.3 Å². The number of hydrogen-bond acceptors (Lipinski definition) is 2. The molecule has 0 bridgehead atoms. The summed E-state index contributed by atoms with van der Waals surface area (Å²) < 4.78 is 1.01. The molecule has 1 aromatic carbocycles. The van der Waals surface area contributed by atoms with Gasteiger partial charge >= 0.3 is 0 Å². The fourth-order valence-electron chi connectivity index (χ4n) is 2.86. The molecule has 1 aromatic rings. The molecule has 0 atom stereocenters. The van der Waals surface area contributed by atoms with Crippen LogP contribution in [0.15, 0.2) is 28.7 Å². The third kappa shape index (κ3) is 4.51. The summed E-state index contributed by atoms with van der Waals surface area (Å²) in [6, 6.07) is 7.78. The number of nitrogens with one attached hydrogen (secondary N) is 1. The zero-order chi connectivity index (χ0) is 15.3. The Labute approximate surface area is 139 Å². The highest BCUT2D eigenvalue weighted by Crippen LogP contribution is 2.27. The van der Waals surface area contributed by atoms with Crippen LogP contribution in [0.3, 0.4) is 0 Å². The van der Waals surface area contributed by atoms with Crippen molar-refractivity contribution in [2.45, 2.75) is 50.5 Å². The summed E-state index contributed by atoms with van der Waals surface area (Å²) in [5.41, 5.74) is 6.44. The van der Waals surface area contributed by atoms with E-state index in [1.807, 2.05) is 24.3 Å². The lowest BCUT2D eigenvalue weighted by Crippen LogP contribution is -2.56. The minimum atomic E-state index is -0.488. The van der Waals surface area contributed by atoms with Crippen LogP contribution in [-0.2, 0) is 11.2 Å². The van der Waals surface area contributed by atoms with Gasteiger partial charge in [-0.25, -0.2) is 0 Å². The maximum absolute atomic E-state index is 12.3. The Kier molecular flexibility index (Phi) is 5.76. The van der Waals surface area contributed by atoms with E-state index in [-0.39, 0.29) is 5.91 Å². The molecule has 3 N–H and O–H groups in total. The lowest BCUT2D eigenvalue weighted by atomic mass is 9.89. The Morgan fingerprint density at radius 1 is 1.19 bits per heavy atom. The van der Waals surface area contributed by atoms with E-state index in [0.717, 1.165) is 35.7 Å². The highest BCUT2D eigenvalue weighted by Gasteiger charge is 2.35. The lowest BCUT2D eigenvalue weighted by Gasteiger charge is -2.33. The molecule has 1 saturated carbocycles. The molecule has 114 valence electrons. The van der Waals surface area contributed by atoms with Crippen molar-refractivity contribution in [1.29, 1.82) is 0 Å². The number of hydrogen-bond donors (Lipinski definition) is 2. The first-order chi connectivity index (χ1) is 10.0. The zero-order valence-electron chi connectivity index (χ0n) is 12.0. The van der Waals surface area contributed by atoms with Crippen LogP contribution in [0, 0.1) is 0 Å². The largest absolute Gasteiger partial charge is 0.391 e. The van der Waals surface area contributed by atoms with Crippen LogP contribution in [-0.4, -0.2) is 16.4 Å². The number of thiocarbonyl (C=S) groups is 1. The van der Waals surface area contributed by atoms with Gasteiger partial charge in [0.25, 0.3) is 0 Å². The summed E-state index contributed by atoms with van der Waals surface area (Å²) in [7, 11) is 0. The second-order valence-corrected chi connectivity index (χ2v) is 7.07. The first-order valence-electron chi connectivity index (χ1n) is 7.37. The van der Waals surface area contributed by atoms with Crippen LogP contribution in [0.4, 0.5) is 0 Å². The summed E-state index contributed by atoms with van der Waals surface area (Å²) in [5, 5.41) is 3.12. The Hall–Kier alpha value is -0.940. The molecule has 5 heteroatoms. The Balaban J connectivity index is 2.04. The average molecular weight is 369 g/mol. The molecule has 1 aliphatic carbocycles. The van der Waals surface area contributed by atoms with Gasteiger partial charge in [-0.15, -0.1) is 0 Å². The van der Waals surface area contributed by atoms with Gasteiger partial charge in [0.1, 0.15) is 0 Å². The van der Waals surface area contributed by atoms with Gasteiger partial charge in [-0.05, 0) is 30.5 Å². The standard InChI is InChI=1S/C16H21BrN2OS/c17-13-7-5-12(6-8-13)11-14(20)19-16(15(18)21)9-3-1-2-4-10-16/h5-8H,1-4,9-11H2,(H2,18,21)(H,19,20). The van der Waals surface area contributed by atoms with E-state index in [1.165, 1.54) is 12.8 Å². The molecule has 3 nitrogen and oxygen atoms in total. The third-order valence-corrected chi connectivity index (χ3v) is 5.00. The van der Waals surface area contributed by atoms with E-state index in [9.17, 15) is 4.79 Å². The topological polar surface area (TPSA) is 55.1 Å². The average Bonchev–Trinajstić information content (AvgIpc) is 2.68. The van der Waals surface area contributed by atoms with E-state index in [1.54, 1.807) is 0 Å². The second kappa shape index (κ2) is 7.36. The lowest BCUT2D eigenvalue weighted by molar-refractivity contribution is -0.121. The van der Waals surface area contributed by atoms with Crippen molar-refractivity contribution in [3.63, 3.8) is 0 Å². The number of carbonyl (C=O) groups is 1. The molecule has 0 heterocycles. The van der Waals surface area contributed by atoms with Gasteiger partial charge in [0.2, 0.25) is 5.91 Å². The number of nitrogens with two attached hydrogens (primary N) is 1. The number of amides is 1. The molecule has 2 rings (SSSR count). The maximum Gasteiger partial charge on any atom is 0.225 e. The molecule has 0 radical (unpaired) electrons. The fraction of sp³-hybridized carbons (Fsp3) is 0.500. The van der Waals surface area contributed by atoms with Gasteiger partial charge in [0, 0.05) is 4.47 Å². The van der Waals surface area contributed by atoms with Crippen LogP contribution in [0.25, 0.3) is 0 Å². The zero-order valence-corrected chi connectivity index (χ0v) is 14.4. The Morgan fingerprint density at radius 2 is 1.76 bits per heavy atom. The quantitative estimate of drug-likeness (QED) is 0.631. The van der Waals surface area contributed by atoms with E-state index in [2.05, 4.69) is 21.2 Å². The van der Waals surface area contributed by atoms with Crippen LogP contribution < -0.4 is 11.1 Å². The van der Waals surface area contributed by atoms with Crippen molar-refractivity contribution in [1.82, 2.24) is 5.32 Å².